The lowest BCUT2D eigenvalue weighted by Crippen LogP contribution is -1.93. The Kier molecular flexibility index (Phi) is 6.85. The van der Waals surface area contributed by atoms with Crippen molar-refractivity contribution in [3.63, 3.8) is 0 Å². The van der Waals surface area contributed by atoms with E-state index >= 15 is 0 Å². The average molecular weight is 195 g/mol. The molecule has 1 aromatic carbocycles. The molecule has 0 aliphatic carbocycles. The summed E-state index contributed by atoms with van der Waals surface area (Å²) in [6, 6.07) is 7.94. The number of aryl methyl sites for hydroxylation is 1. The number of benzene rings is 1. The van der Waals surface area contributed by atoms with Crippen LogP contribution in [0.3, 0.4) is 0 Å². The molecule has 1 aromatic rings. The largest absolute Gasteiger partial charge is 0.399 e. The molecule has 0 unspecified atom stereocenters. The number of nitrogen functional groups attached to an aromatic ring is 1. The summed E-state index contributed by atoms with van der Waals surface area (Å²) in [7, 11) is 0. The Bertz CT molecular complexity index is 246. The third-order valence-electron chi connectivity index (χ3n) is 2.03. The summed E-state index contributed by atoms with van der Waals surface area (Å²) in [4.78, 5) is 0. The molecule has 0 saturated heterocycles. The van der Waals surface area contributed by atoms with Crippen LogP contribution in [0.1, 0.15) is 32.8 Å². The number of nitrogens with two attached hydrogens (primary N) is 1. The van der Waals surface area contributed by atoms with Gasteiger partial charge in [-0.25, -0.2) is 0 Å². The van der Waals surface area contributed by atoms with Crippen LogP contribution in [-0.2, 0) is 6.42 Å². The number of anilines is 1. The second-order valence-electron chi connectivity index (χ2n) is 3.31. The van der Waals surface area contributed by atoms with E-state index in [0.717, 1.165) is 18.5 Å². The fourth-order valence-electron chi connectivity index (χ4n) is 0.856. The van der Waals surface area contributed by atoms with E-state index in [1.807, 2.05) is 25.1 Å². The summed E-state index contributed by atoms with van der Waals surface area (Å²) in [5, 5.41) is 8.36. The minimum atomic E-state index is -0.116. The second-order valence-corrected chi connectivity index (χ2v) is 3.31. The number of rotatable bonds is 2. The smallest absolute Gasteiger partial charge is 0.0509 e. The van der Waals surface area contributed by atoms with E-state index in [-0.39, 0.29) is 6.10 Å². The number of aliphatic hydroxyl groups is 1. The first-order chi connectivity index (χ1) is 6.61. The van der Waals surface area contributed by atoms with Crippen molar-refractivity contribution in [3.05, 3.63) is 29.8 Å². The first-order valence-corrected chi connectivity index (χ1v) is 5.13. The molecule has 1 atom stereocenters. The number of para-hydroxylation sites is 1. The predicted octanol–water partition coefficient (Wildman–Crippen LogP) is 2.61. The minimum Gasteiger partial charge on any atom is -0.399 e. The van der Waals surface area contributed by atoms with E-state index in [4.69, 9.17) is 10.8 Å². The van der Waals surface area contributed by atoms with Crippen molar-refractivity contribution in [3.8, 4) is 0 Å². The van der Waals surface area contributed by atoms with Crippen LogP contribution in [0.4, 0.5) is 5.69 Å². The van der Waals surface area contributed by atoms with Crippen LogP contribution in [0.5, 0.6) is 0 Å². The first-order valence-electron chi connectivity index (χ1n) is 5.13. The molecule has 0 amide bonds. The second kappa shape index (κ2) is 7.39. The highest BCUT2D eigenvalue weighted by atomic mass is 16.3. The molecule has 2 heteroatoms. The van der Waals surface area contributed by atoms with Crippen molar-refractivity contribution in [1.29, 1.82) is 0 Å². The Labute approximate surface area is 86.8 Å². The Balaban J connectivity index is 0.000000292. The highest BCUT2D eigenvalue weighted by Gasteiger charge is 1.90. The molecule has 1 rings (SSSR count). The average Bonchev–Trinajstić information content (AvgIpc) is 2.19. The van der Waals surface area contributed by atoms with Crippen molar-refractivity contribution < 1.29 is 5.11 Å². The highest BCUT2D eigenvalue weighted by Crippen LogP contribution is 2.09. The number of aliphatic hydroxyl groups excluding tert-OH is 1. The highest BCUT2D eigenvalue weighted by molar-refractivity contribution is 5.46. The fraction of sp³-hybridized carbons (Fsp3) is 0.500. The number of hydrogen-bond acceptors (Lipinski definition) is 2. The number of hydrogen-bond donors (Lipinski definition) is 2. The van der Waals surface area contributed by atoms with E-state index in [0.29, 0.717) is 0 Å². The molecule has 0 bridgehead atoms. The van der Waals surface area contributed by atoms with Crippen LogP contribution >= 0.6 is 0 Å². The third-order valence-corrected chi connectivity index (χ3v) is 2.03. The zero-order valence-electron chi connectivity index (χ0n) is 9.33. The van der Waals surface area contributed by atoms with Crippen LogP contribution < -0.4 is 5.73 Å². The SMILES string of the molecule is CC[C@@H](C)O.CCc1ccccc1N. The summed E-state index contributed by atoms with van der Waals surface area (Å²) in [6.45, 7) is 5.83. The van der Waals surface area contributed by atoms with E-state index < -0.39 is 0 Å². The van der Waals surface area contributed by atoms with Crippen LogP contribution in [0.2, 0.25) is 0 Å². The summed E-state index contributed by atoms with van der Waals surface area (Å²) in [5.41, 5.74) is 7.77. The van der Waals surface area contributed by atoms with Gasteiger partial charge in [0.25, 0.3) is 0 Å². The van der Waals surface area contributed by atoms with Crippen LogP contribution in [-0.4, -0.2) is 11.2 Å². The molecule has 80 valence electrons. The maximum atomic E-state index is 8.36. The molecule has 0 fully saturated rings. The van der Waals surface area contributed by atoms with Gasteiger partial charge in [0.15, 0.2) is 0 Å². The summed E-state index contributed by atoms with van der Waals surface area (Å²) < 4.78 is 0. The van der Waals surface area contributed by atoms with Gasteiger partial charge in [0.1, 0.15) is 0 Å². The van der Waals surface area contributed by atoms with Gasteiger partial charge in [-0.1, -0.05) is 32.0 Å². The first kappa shape index (κ1) is 13.0. The van der Waals surface area contributed by atoms with Gasteiger partial charge >= 0.3 is 0 Å². The maximum Gasteiger partial charge on any atom is 0.0509 e. The van der Waals surface area contributed by atoms with E-state index in [1.54, 1.807) is 6.92 Å². The molecule has 0 aromatic heterocycles. The zero-order valence-corrected chi connectivity index (χ0v) is 9.33. The van der Waals surface area contributed by atoms with E-state index in [9.17, 15) is 0 Å². The summed E-state index contributed by atoms with van der Waals surface area (Å²) in [5.74, 6) is 0. The normalized spacial score (nSPS) is 11.4. The third kappa shape index (κ3) is 5.60. The molecule has 0 spiro atoms. The van der Waals surface area contributed by atoms with Crippen LogP contribution in [0.25, 0.3) is 0 Å². The van der Waals surface area contributed by atoms with Crippen molar-refractivity contribution in [2.45, 2.75) is 39.7 Å². The Morgan fingerprint density at radius 2 is 1.79 bits per heavy atom. The van der Waals surface area contributed by atoms with Gasteiger partial charge in [0, 0.05) is 5.69 Å². The predicted molar refractivity (Wildman–Crippen MR) is 62.2 cm³/mol. The Morgan fingerprint density at radius 3 is 2.07 bits per heavy atom. The lowest BCUT2D eigenvalue weighted by molar-refractivity contribution is 0.191. The van der Waals surface area contributed by atoms with Gasteiger partial charge in [-0.2, -0.15) is 0 Å². The summed E-state index contributed by atoms with van der Waals surface area (Å²) in [6.07, 6.45) is 1.77. The van der Waals surface area contributed by atoms with Crippen molar-refractivity contribution >= 4 is 5.69 Å². The van der Waals surface area contributed by atoms with Gasteiger partial charge < -0.3 is 10.8 Å². The maximum absolute atomic E-state index is 8.36. The fourth-order valence-corrected chi connectivity index (χ4v) is 0.856. The van der Waals surface area contributed by atoms with Crippen LogP contribution in [0, 0.1) is 0 Å². The molecule has 14 heavy (non-hydrogen) atoms. The zero-order chi connectivity index (χ0) is 11.0. The van der Waals surface area contributed by atoms with Crippen LogP contribution in [0.15, 0.2) is 24.3 Å². The van der Waals surface area contributed by atoms with Crippen molar-refractivity contribution in [2.24, 2.45) is 0 Å². The minimum absolute atomic E-state index is 0.116. The molecule has 0 aliphatic heterocycles. The van der Waals surface area contributed by atoms with Gasteiger partial charge in [-0.3, -0.25) is 0 Å². The van der Waals surface area contributed by atoms with E-state index in [1.165, 1.54) is 5.56 Å². The Morgan fingerprint density at radius 1 is 1.29 bits per heavy atom. The molecular formula is C12H21NO. The molecule has 3 N–H and O–H groups in total. The van der Waals surface area contributed by atoms with Gasteiger partial charge in [0.2, 0.25) is 0 Å². The molecule has 2 nitrogen and oxygen atoms in total. The molecule has 0 aliphatic rings. The standard InChI is InChI=1S/C8H11N.C4H10O/c1-2-7-5-3-4-6-8(7)9;1-3-4(2)5/h3-6H,2,9H2,1H3;4-5H,3H2,1-2H3/t;4-/m.1/s1. The lowest BCUT2D eigenvalue weighted by Gasteiger charge is -1.98. The molecule has 0 heterocycles. The van der Waals surface area contributed by atoms with E-state index in [2.05, 4.69) is 13.0 Å². The topological polar surface area (TPSA) is 46.2 Å². The van der Waals surface area contributed by atoms with Gasteiger partial charge in [-0.15, -0.1) is 0 Å². The molecule has 0 radical (unpaired) electrons. The van der Waals surface area contributed by atoms with Crippen molar-refractivity contribution in [1.82, 2.24) is 0 Å². The quantitative estimate of drug-likeness (QED) is 0.712. The molecular weight excluding hydrogens is 174 g/mol. The van der Waals surface area contributed by atoms with Gasteiger partial charge in [0.05, 0.1) is 6.10 Å². The monoisotopic (exact) mass is 195 g/mol. The van der Waals surface area contributed by atoms with Crippen molar-refractivity contribution in [2.75, 3.05) is 5.73 Å². The summed E-state index contributed by atoms with van der Waals surface area (Å²) >= 11 is 0. The Hall–Kier alpha value is -1.02. The molecule has 0 saturated carbocycles. The van der Waals surface area contributed by atoms with Gasteiger partial charge in [-0.05, 0) is 31.4 Å². The lowest BCUT2D eigenvalue weighted by atomic mass is 10.1.